The van der Waals surface area contributed by atoms with Crippen LogP contribution in [0.2, 0.25) is 0 Å². The van der Waals surface area contributed by atoms with Gasteiger partial charge in [-0.05, 0) is 43.1 Å². The molecule has 1 aromatic heterocycles. The average Bonchev–Trinajstić information content (AvgIpc) is 3.23. The van der Waals surface area contributed by atoms with Gasteiger partial charge in [-0.25, -0.2) is 4.99 Å². The Hall–Kier alpha value is -2.10. The van der Waals surface area contributed by atoms with Crippen LogP contribution < -0.4 is 10.6 Å². The monoisotopic (exact) mass is 560 g/mol. The minimum Gasteiger partial charge on any atom is -0.361 e. The Morgan fingerprint density at radius 3 is 2.45 bits per heavy atom. The van der Waals surface area contributed by atoms with Crippen LogP contribution in [-0.2, 0) is 19.5 Å². The maximum absolute atomic E-state index is 4.79. The lowest BCUT2D eigenvalue weighted by molar-refractivity contribution is 0.148. The van der Waals surface area contributed by atoms with E-state index in [1.165, 1.54) is 27.6 Å². The number of aromatic nitrogens is 1. The molecule has 0 aliphatic carbocycles. The van der Waals surface area contributed by atoms with E-state index in [1.807, 2.05) is 0 Å². The number of fused-ring (bicyclic) bond motifs is 1. The molecule has 1 aliphatic heterocycles. The van der Waals surface area contributed by atoms with E-state index in [4.69, 9.17) is 4.99 Å². The number of likely N-dealkylation sites (N-methyl/N-ethyl adjacent to an activating group) is 1. The average molecular weight is 561 g/mol. The molecular weight excluding hydrogens is 523 g/mol. The number of rotatable bonds is 8. The van der Waals surface area contributed by atoms with E-state index in [1.54, 1.807) is 0 Å². The van der Waals surface area contributed by atoms with Crippen LogP contribution >= 0.6 is 24.0 Å². The minimum absolute atomic E-state index is 0. The van der Waals surface area contributed by atoms with E-state index in [-0.39, 0.29) is 24.0 Å². The highest BCUT2D eigenvalue weighted by Crippen LogP contribution is 2.17. The van der Waals surface area contributed by atoms with Crippen LogP contribution in [0.3, 0.4) is 0 Å². The van der Waals surface area contributed by atoms with Crippen LogP contribution in [0.1, 0.15) is 23.6 Å². The van der Waals surface area contributed by atoms with E-state index < -0.39 is 0 Å². The number of H-pyrrole nitrogens is 1. The third-order valence-corrected chi connectivity index (χ3v) is 6.15. The molecule has 2 aromatic carbocycles. The second kappa shape index (κ2) is 13.0. The van der Waals surface area contributed by atoms with Gasteiger partial charge in [0.25, 0.3) is 0 Å². The van der Waals surface area contributed by atoms with Gasteiger partial charge < -0.3 is 20.5 Å². The molecule has 1 saturated heterocycles. The molecule has 0 spiro atoms. The van der Waals surface area contributed by atoms with Crippen LogP contribution in [0.15, 0.2) is 59.7 Å². The van der Waals surface area contributed by atoms with Gasteiger partial charge in [0.15, 0.2) is 5.96 Å². The van der Waals surface area contributed by atoms with Gasteiger partial charge in [0, 0.05) is 62.9 Å². The molecular formula is C26H37IN6. The molecule has 2 heterocycles. The number of halogens is 1. The quantitative estimate of drug-likeness (QED) is 0.223. The highest BCUT2D eigenvalue weighted by atomic mass is 127. The largest absolute Gasteiger partial charge is 0.361 e. The van der Waals surface area contributed by atoms with Crippen molar-refractivity contribution < 1.29 is 0 Å². The number of piperazine rings is 1. The summed E-state index contributed by atoms with van der Waals surface area (Å²) in [5, 5.41) is 8.14. The van der Waals surface area contributed by atoms with E-state index >= 15 is 0 Å². The maximum atomic E-state index is 4.79. The normalized spacial score (nSPS) is 15.4. The Bertz CT molecular complexity index is 1010. The Balaban J connectivity index is 0.00000306. The van der Waals surface area contributed by atoms with E-state index in [9.17, 15) is 0 Å². The van der Waals surface area contributed by atoms with E-state index in [2.05, 4.69) is 94.1 Å². The summed E-state index contributed by atoms with van der Waals surface area (Å²) < 4.78 is 0. The molecule has 0 saturated carbocycles. The first-order chi connectivity index (χ1) is 15.7. The van der Waals surface area contributed by atoms with Gasteiger partial charge in [-0.2, -0.15) is 0 Å². The Labute approximate surface area is 214 Å². The van der Waals surface area contributed by atoms with Crippen molar-refractivity contribution in [1.82, 2.24) is 25.4 Å². The molecule has 178 valence electrons. The molecule has 1 aliphatic rings. The summed E-state index contributed by atoms with van der Waals surface area (Å²) in [7, 11) is 2.20. The zero-order valence-electron chi connectivity index (χ0n) is 19.8. The SMILES string of the molecule is CCNC(=NCc1ccc(CN2CCN(C)CC2)cc1)NCCc1c[nH]c2ccccc12.I. The topological polar surface area (TPSA) is 58.7 Å². The number of aromatic amines is 1. The maximum Gasteiger partial charge on any atom is 0.191 e. The van der Waals surface area contributed by atoms with Crippen LogP contribution in [-0.4, -0.2) is 67.1 Å². The van der Waals surface area contributed by atoms with Gasteiger partial charge in [-0.15, -0.1) is 24.0 Å². The first kappa shape index (κ1) is 25.5. The number of aliphatic imine (C=N–C) groups is 1. The third kappa shape index (κ3) is 7.45. The van der Waals surface area contributed by atoms with Crippen LogP contribution in [0, 0.1) is 0 Å². The van der Waals surface area contributed by atoms with Crippen molar-refractivity contribution >= 4 is 40.8 Å². The van der Waals surface area contributed by atoms with Crippen molar-refractivity contribution in [2.45, 2.75) is 26.4 Å². The van der Waals surface area contributed by atoms with Gasteiger partial charge in [0.05, 0.1) is 6.54 Å². The molecule has 0 amide bonds. The minimum atomic E-state index is 0. The lowest BCUT2D eigenvalue weighted by Crippen LogP contribution is -2.43. The molecule has 0 unspecified atom stereocenters. The lowest BCUT2D eigenvalue weighted by atomic mass is 10.1. The van der Waals surface area contributed by atoms with Gasteiger partial charge in [0.1, 0.15) is 0 Å². The number of benzene rings is 2. The molecule has 6 nitrogen and oxygen atoms in total. The summed E-state index contributed by atoms with van der Waals surface area (Å²) in [6.07, 6.45) is 3.07. The predicted molar refractivity (Wildman–Crippen MR) is 149 cm³/mol. The Kier molecular flexibility index (Phi) is 10.0. The van der Waals surface area contributed by atoms with Crippen molar-refractivity contribution in [3.8, 4) is 0 Å². The molecule has 7 heteroatoms. The van der Waals surface area contributed by atoms with Crippen LogP contribution in [0.5, 0.6) is 0 Å². The summed E-state index contributed by atoms with van der Waals surface area (Å²) in [4.78, 5) is 13.1. The van der Waals surface area contributed by atoms with Gasteiger partial charge in [-0.1, -0.05) is 42.5 Å². The van der Waals surface area contributed by atoms with E-state index in [0.717, 1.165) is 58.2 Å². The first-order valence-corrected chi connectivity index (χ1v) is 11.8. The molecule has 0 atom stereocenters. The van der Waals surface area contributed by atoms with Gasteiger partial charge >= 0.3 is 0 Å². The fourth-order valence-electron chi connectivity index (χ4n) is 4.18. The molecule has 0 bridgehead atoms. The Morgan fingerprint density at radius 2 is 1.70 bits per heavy atom. The predicted octanol–water partition coefficient (Wildman–Crippen LogP) is 3.83. The van der Waals surface area contributed by atoms with Crippen LogP contribution in [0.25, 0.3) is 10.9 Å². The van der Waals surface area contributed by atoms with Crippen molar-refractivity contribution in [2.24, 2.45) is 4.99 Å². The second-order valence-electron chi connectivity index (χ2n) is 8.63. The highest BCUT2D eigenvalue weighted by Gasteiger charge is 2.13. The first-order valence-electron chi connectivity index (χ1n) is 11.8. The third-order valence-electron chi connectivity index (χ3n) is 6.15. The zero-order chi connectivity index (χ0) is 22.2. The van der Waals surface area contributed by atoms with Crippen molar-refractivity contribution in [3.63, 3.8) is 0 Å². The Morgan fingerprint density at radius 1 is 0.970 bits per heavy atom. The van der Waals surface area contributed by atoms with Crippen molar-refractivity contribution in [3.05, 3.63) is 71.4 Å². The number of hydrogen-bond acceptors (Lipinski definition) is 3. The number of hydrogen-bond donors (Lipinski definition) is 3. The fraction of sp³-hybridized carbons (Fsp3) is 0.423. The van der Waals surface area contributed by atoms with Crippen LogP contribution in [0.4, 0.5) is 0 Å². The number of guanidine groups is 1. The number of nitrogens with zero attached hydrogens (tertiary/aromatic N) is 3. The summed E-state index contributed by atoms with van der Waals surface area (Å²) in [6.45, 7) is 10.1. The number of para-hydroxylation sites is 1. The molecule has 3 aromatic rings. The lowest BCUT2D eigenvalue weighted by Gasteiger charge is -2.32. The summed E-state index contributed by atoms with van der Waals surface area (Å²) >= 11 is 0. The second-order valence-corrected chi connectivity index (χ2v) is 8.63. The van der Waals surface area contributed by atoms with Crippen molar-refractivity contribution in [1.29, 1.82) is 0 Å². The summed E-state index contributed by atoms with van der Waals surface area (Å²) in [5.74, 6) is 0.869. The van der Waals surface area contributed by atoms with Crippen molar-refractivity contribution in [2.75, 3.05) is 46.3 Å². The summed E-state index contributed by atoms with van der Waals surface area (Å²) in [5.41, 5.74) is 5.14. The molecule has 1 fully saturated rings. The van der Waals surface area contributed by atoms with Gasteiger partial charge in [-0.3, -0.25) is 4.90 Å². The molecule has 3 N–H and O–H groups in total. The number of nitrogens with one attached hydrogen (secondary N) is 3. The fourth-order valence-corrected chi connectivity index (χ4v) is 4.18. The summed E-state index contributed by atoms with van der Waals surface area (Å²) in [6, 6.07) is 17.4. The molecule has 33 heavy (non-hydrogen) atoms. The highest BCUT2D eigenvalue weighted by molar-refractivity contribution is 14.0. The van der Waals surface area contributed by atoms with E-state index in [0.29, 0.717) is 6.54 Å². The zero-order valence-corrected chi connectivity index (χ0v) is 22.1. The molecule has 0 radical (unpaired) electrons. The standard InChI is InChI=1S/C26H36N6.HI/c1-3-27-26(28-13-12-23-19-29-25-7-5-4-6-24(23)25)30-18-21-8-10-22(11-9-21)20-32-16-14-31(2)15-17-32;/h4-11,19,29H,3,12-18,20H2,1-2H3,(H2,27,28,30);1H. The molecule has 4 rings (SSSR count). The smallest absolute Gasteiger partial charge is 0.191 e. The van der Waals surface area contributed by atoms with Gasteiger partial charge in [0.2, 0.25) is 0 Å².